The second-order valence-corrected chi connectivity index (χ2v) is 5.92. The summed E-state index contributed by atoms with van der Waals surface area (Å²) in [6.45, 7) is 9.29. The van der Waals surface area contributed by atoms with Crippen LogP contribution in [0.2, 0.25) is 0 Å². The van der Waals surface area contributed by atoms with E-state index in [1.807, 2.05) is 6.92 Å². The van der Waals surface area contributed by atoms with Crippen molar-refractivity contribution < 1.29 is 5.11 Å². The molecule has 0 aromatic rings. The van der Waals surface area contributed by atoms with Gasteiger partial charge in [0, 0.05) is 12.6 Å². The molecule has 0 saturated heterocycles. The minimum Gasteiger partial charge on any atom is -0.389 e. The van der Waals surface area contributed by atoms with Crippen LogP contribution in [-0.2, 0) is 0 Å². The first-order valence-electron chi connectivity index (χ1n) is 6.93. The molecule has 0 aromatic heterocycles. The van der Waals surface area contributed by atoms with Crippen molar-refractivity contribution in [1.82, 2.24) is 5.32 Å². The van der Waals surface area contributed by atoms with Gasteiger partial charge in [-0.1, -0.05) is 40.0 Å². The molecule has 0 aliphatic heterocycles. The highest BCUT2D eigenvalue weighted by atomic mass is 16.3. The van der Waals surface area contributed by atoms with Crippen LogP contribution in [0.4, 0.5) is 0 Å². The normalized spacial score (nSPS) is 32.1. The van der Waals surface area contributed by atoms with Crippen LogP contribution in [0.25, 0.3) is 0 Å². The third-order valence-corrected chi connectivity index (χ3v) is 4.51. The van der Waals surface area contributed by atoms with Crippen LogP contribution >= 0.6 is 0 Å². The van der Waals surface area contributed by atoms with E-state index in [2.05, 4.69) is 26.1 Å². The van der Waals surface area contributed by atoms with Gasteiger partial charge in [0.15, 0.2) is 0 Å². The lowest BCUT2D eigenvalue weighted by Crippen LogP contribution is -2.48. The van der Waals surface area contributed by atoms with Crippen molar-refractivity contribution >= 4 is 0 Å². The minimum absolute atomic E-state index is 0.360. The van der Waals surface area contributed by atoms with E-state index < -0.39 is 5.60 Å². The molecule has 1 saturated carbocycles. The van der Waals surface area contributed by atoms with Gasteiger partial charge in [0.2, 0.25) is 0 Å². The van der Waals surface area contributed by atoms with Gasteiger partial charge < -0.3 is 10.4 Å². The Morgan fingerprint density at radius 3 is 2.56 bits per heavy atom. The van der Waals surface area contributed by atoms with E-state index in [0.717, 1.165) is 18.9 Å². The molecule has 4 atom stereocenters. The van der Waals surface area contributed by atoms with Crippen molar-refractivity contribution in [2.45, 2.75) is 71.4 Å². The van der Waals surface area contributed by atoms with Gasteiger partial charge >= 0.3 is 0 Å². The quantitative estimate of drug-likeness (QED) is 0.757. The van der Waals surface area contributed by atoms with E-state index in [1.165, 1.54) is 25.7 Å². The first kappa shape index (κ1) is 14.0. The topological polar surface area (TPSA) is 32.3 Å². The number of aliphatic hydroxyl groups is 1. The van der Waals surface area contributed by atoms with E-state index >= 15 is 0 Å². The maximum absolute atomic E-state index is 10.3. The van der Waals surface area contributed by atoms with E-state index in [-0.39, 0.29) is 0 Å². The molecule has 2 nitrogen and oxygen atoms in total. The highest BCUT2D eigenvalue weighted by Crippen LogP contribution is 2.25. The molecule has 1 fully saturated rings. The zero-order valence-corrected chi connectivity index (χ0v) is 11.4. The third kappa shape index (κ3) is 3.74. The molecular weight excluding hydrogens is 198 g/mol. The zero-order chi connectivity index (χ0) is 12.2. The second-order valence-electron chi connectivity index (χ2n) is 5.92. The Bertz CT molecular complexity index is 203. The van der Waals surface area contributed by atoms with Crippen LogP contribution < -0.4 is 5.32 Å². The standard InChI is InChI=1S/C14H29NO/c1-5-12(3)14(4,16)10-15-13-9-7-6-8-11(13)2/h11-13,15-16H,5-10H2,1-4H3. The van der Waals surface area contributed by atoms with Crippen LogP contribution in [0.1, 0.15) is 59.8 Å². The molecule has 4 unspecified atom stereocenters. The largest absolute Gasteiger partial charge is 0.389 e. The lowest BCUT2D eigenvalue weighted by atomic mass is 9.84. The van der Waals surface area contributed by atoms with Crippen LogP contribution in [0.5, 0.6) is 0 Å². The van der Waals surface area contributed by atoms with Gasteiger partial charge in [-0.2, -0.15) is 0 Å². The van der Waals surface area contributed by atoms with Crippen LogP contribution in [0, 0.1) is 11.8 Å². The SMILES string of the molecule is CCC(C)C(C)(O)CNC1CCCCC1C. The first-order valence-corrected chi connectivity index (χ1v) is 6.93. The van der Waals surface area contributed by atoms with Gasteiger partial charge in [-0.25, -0.2) is 0 Å². The fourth-order valence-electron chi connectivity index (χ4n) is 2.57. The number of nitrogens with one attached hydrogen (secondary N) is 1. The molecule has 2 heteroatoms. The molecule has 0 heterocycles. The van der Waals surface area contributed by atoms with E-state index in [9.17, 15) is 5.11 Å². The summed E-state index contributed by atoms with van der Waals surface area (Å²) in [6.07, 6.45) is 6.37. The number of hydrogen-bond acceptors (Lipinski definition) is 2. The molecule has 1 aliphatic carbocycles. The maximum Gasteiger partial charge on any atom is 0.0768 e. The van der Waals surface area contributed by atoms with Gasteiger partial charge in [0.05, 0.1) is 5.60 Å². The van der Waals surface area contributed by atoms with Gasteiger partial charge in [0.25, 0.3) is 0 Å². The van der Waals surface area contributed by atoms with Gasteiger partial charge in [-0.15, -0.1) is 0 Å². The van der Waals surface area contributed by atoms with Crippen molar-refractivity contribution in [1.29, 1.82) is 0 Å². The Balaban J connectivity index is 2.37. The third-order valence-electron chi connectivity index (χ3n) is 4.51. The first-order chi connectivity index (χ1) is 7.47. The highest BCUT2D eigenvalue weighted by molar-refractivity contribution is 4.85. The predicted molar refractivity (Wildman–Crippen MR) is 69.5 cm³/mol. The van der Waals surface area contributed by atoms with E-state index in [4.69, 9.17) is 0 Å². The monoisotopic (exact) mass is 227 g/mol. The Morgan fingerprint density at radius 1 is 1.38 bits per heavy atom. The zero-order valence-electron chi connectivity index (χ0n) is 11.4. The summed E-state index contributed by atoms with van der Waals surface area (Å²) in [5.41, 5.74) is -0.564. The van der Waals surface area contributed by atoms with Gasteiger partial charge in [0.1, 0.15) is 0 Å². The number of rotatable bonds is 5. The van der Waals surface area contributed by atoms with Crippen LogP contribution in [0.3, 0.4) is 0 Å². The predicted octanol–water partition coefficient (Wildman–Crippen LogP) is 2.95. The Kier molecular flexibility index (Phi) is 5.26. The van der Waals surface area contributed by atoms with Crippen molar-refractivity contribution in [2.24, 2.45) is 11.8 Å². The van der Waals surface area contributed by atoms with Crippen molar-refractivity contribution in [3.63, 3.8) is 0 Å². The Labute approximate surface area is 101 Å². The Hall–Kier alpha value is -0.0800. The van der Waals surface area contributed by atoms with Crippen LogP contribution in [-0.4, -0.2) is 23.3 Å². The summed E-state index contributed by atoms with van der Waals surface area (Å²) in [7, 11) is 0. The van der Waals surface area contributed by atoms with E-state index in [0.29, 0.717) is 12.0 Å². The molecule has 0 radical (unpaired) electrons. The fraction of sp³-hybridized carbons (Fsp3) is 1.00. The van der Waals surface area contributed by atoms with Crippen molar-refractivity contribution in [3.8, 4) is 0 Å². The second kappa shape index (κ2) is 6.02. The summed E-state index contributed by atoms with van der Waals surface area (Å²) >= 11 is 0. The average molecular weight is 227 g/mol. The molecule has 0 bridgehead atoms. The molecule has 0 amide bonds. The summed E-state index contributed by atoms with van der Waals surface area (Å²) in [4.78, 5) is 0. The fourth-order valence-corrected chi connectivity index (χ4v) is 2.57. The Morgan fingerprint density at radius 2 is 2.00 bits per heavy atom. The summed E-state index contributed by atoms with van der Waals surface area (Å²) in [5.74, 6) is 1.13. The summed E-state index contributed by atoms with van der Waals surface area (Å²) in [6, 6.07) is 0.615. The summed E-state index contributed by atoms with van der Waals surface area (Å²) < 4.78 is 0. The molecular formula is C14H29NO. The van der Waals surface area contributed by atoms with Crippen molar-refractivity contribution in [3.05, 3.63) is 0 Å². The molecule has 16 heavy (non-hydrogen) atoms. The van der Waals surface area contributed by atoms with Gasteiger partial charge in [-0.05, 0) is 31.6 Å². The lowest BCUT2D eigenvalue weighted by molar-refractivity contribution is 0.000656. The van der Waals surface area contributed by atoms with Crippen LogP contribution in [0.15, 0.2) is 0 Å². The van der Waals surface area contributed by atoms with Crippen molar-refractivity contribution in [2.75, 3.05) is 6.54 Å². The molecule has 2 N–H and O–H groups in total. The minimum atomic E-state index is -0.564. The number of hydrogen-bond donors (Lipinski definition) is 2. The van der Waals surface area contributed by atoms with E-state index in [1.54, 1.807) is 0 Å². The van der Waals surface area contributed by atoms with Gasteiger partial charge in [-0.3, -0.25) is 0 Å². The molecule has 0 spiro atoms. The lowest BCUT2D eigenvalue weighted by Gasteiger charge is -2.35. The molecule has 1 rings (SSSR count). The summed E-state index contributed by atoms with van der Waals surface area (Å²) in [5, 5.41) is 13.9. The molecule has 1 aliphatic rings. The molecule has 96 valence electrons. The average Bonchev–Trinajstić information content (AvgIpc) is 2.27. The molecule has 0 aromatic carbocycles. The smallest absolute Gasteiger partial charge is 0.0768 e. The maximum atomic E-state index is 10.3. The highest BCUT2D eigenvalue weighted by Gasteiger charge is 2.29.